The summed E-state index contributed by atoms with van der Waals surface area (Å²) < 4.78 is 30.7. The summed E-state index contributed by atoms with van der Waals surface area (Å²) in [6.07, 6.45) is -2.53. The summed E-state index contributed by atoms with van der Waals surface area (Å²) >= 11 is 0. The molecule has 3 fully saturated rings. The van der Waals surface area contributed by atoms with Crippen LogP contribution < -0.4 is 10.6 Å². The Morgan fingerprint density at radius 2 is 1.74 bits per heavy atom. The minimum absolute atomic E-state index is 0.0141. The second kappa shape index (κ2) is 18.5. The molecule has 0 aliphatic carbocycles. The predicted molar refractivity (Wildman–Crippen MR) is 213 cm³/mol. The number of likely N-dealkylation sites (N-methyl/N-ethyl adjacent to an activating group) is 1. The van der Waals surface area contributed by atoms with Crippen LogP contribution in [0.3, 0.4) is 0 Å². The molecule has 3 saturated heterocycles. The molecule has 58 heavy (non-hydrogen) atoms. The second-order valence-electron chi connectivity index (χ2n) is 17.1. The maximum atomic E-state index is 14.4. The number of aromatic nitrogens is 1. The van der Waals surface area contributed by atoms with Crippen LogP contribution in [0.1, 0.15) is 79.7 Å². The van der Waals surface area contributed by atoms with Crippen molar-refractivity contribution < 1.29 is 52.8 Å². The molecule has 0 radical (unpaired) electrons. The molecule has 1 aromatic carbocycles. The lowest BCUT2D eigenvalue weighted by Gasteiger charge is -2.47. The van der Waals surface area contributed by atoms with Crippen molar-refractivity contribution in [3.05, 3.63) is 42.1 Å². The van der Waals surface area contributed by atoms with Gasteiger partial charge in [0.2, 0.25) is 5.91 Å². The molecular weight excluding hydrogens is 748 g/mol. The number of rotatable bonds is 10. The molecule has 5 rings (SSSR count). The molecule has 0 spiro atoms. The number of cyclic esters (lactones) is 1. The summed E-state index contributed by atoms with van der Waals surface area (Å²) in [7, 11) is 5.17. The Balaban J connectivity index is 1.41. The monoisotopic (exact) mass is 810 g/mol. The number of para-hydroxylation sites is 1. The highest BCUT2D eigenvalue weighted by molar-refractivity contribution is 6.00. The first kappa shape index (κ1) is 45.1. The summed E-state index contributed by atoms with van der Waals surface area (Å²) in [6, 6.07) is 8.35. The quantitative estimate of drug-likeness (QED) is 0.233. The van der Waals surface area contributed by atoms with Gasteiger partial charge in [-0.3, -0.25) is 24.2 Å². The van der Waals surface area contributed by atoms with Gasteiger partial charge in [-0.25, -0.2) is 4.79 Å². The molecule has 15 nitrogen and oxygen atoms in total. The fraction of sp³-hybridized carbons (Fsp3) is 0.674. The van der Waals surface area contributed by atoms with Gasteiger partial charge >= 0.3 is 12.1 Å². The smallest absolute Gasteiger partial charge is 0.408 e. The number of ketones is 2. The molecule has 3 aliphatic heterocycles. The third-order valence-electron chi connectivity index (χ3n) is 12.6. The summed E-state index contributed by atoms with van der Waals surface area (Å²) in [6.45, 7) is 11.8. The molecule has 3 N–H and O–H groups in total. The van der Waals surface area contributed by atoms with Crippen molar-refractivity contribution in [2.24, 2.45) is 23.7 Å². The molecule has 1 aromatic heterocycles. The number of pyridine rings is 1. The molecule has 15 heteroatoms. The summed E-state index contributed by atoms with van der Waals surface area (Å²) in [5, 5.41) is 18.1. The number of aliphatic hydroxyl groups is 1. The lowest BCUT2D eigenvalue weighted by atomic mass is 9.73. The van der Waals surface area contributed by atoms with Gasteiger partial charge in [-0.2, -0.15) is 0 Å². The number of alkyl carbamates (subject to hydrolysis) is 1. The van der Waals surface area contributed by atoms with E-state index in [4.69, 9.17) is 23.7 Å². The van der Waals surface area contributed by atoms with Gasteiger partial charge in [-0.05, 0) is 78.7 Å². The lowest BCUT2D eigenvalue weighted by Crippen LogP contribution is -2.60. The number of hydrogen-bond donors (Lipinski definition) is 3. The maximum Gasteiger partial charge on any atom is 0.408 e. The van der Waals surface area contributed by atoms with Crippen LogP contribution >= 0.6 is 0 Å². The van der Waals surface area contributed by atoms with Gasteiger partial charge in [0.1, 0.15) is 23.9 Å². The highest BCUT2D eigenvalue weighted by Gasteiger charge is 2.57. The number of carbonyl (C=O) groups excluding carboxylic acids is 5. The molecule has 320 valence electrons. The Kier molecular flexibility index (Phi) is 14.4. The normalized spacial score (nSPS) is 36.4. The van der Waals surface area contributed by atoms with E-state index in [2.05, 4.69) is 15.6 Å². The first-order valence-corrected chi connectivity index (χ1v) is 20.4. The fourth-order valence-corrected chi connectivity index (χ4v) is 9.09. The number of esters is 1. The van der Waals surface area contributed by atoms with Crippen LogP contribution in [0.5, 0.6) is 0 Å². The third-order valence-corrected chi connectivity index (χ3v) is 12.6. The van der Waals surface area contributed by atoms with E-state index in [1.165, 1.54) is 14.0 Å². The number of benzene rings is 1. The van der Waals surface area contributed by atoms with Gasteiger partial charge in [0.25, 0.3) is 0 Å². The number of nitrogens with one attached hydrogen (secondary N) is 2. The maximum absolute atomic E-state index is 14.4. The van der Waals surface area contributed by atoms with Crippen LogP contribution in [-0.2, 0) is 49.3 Å². The predicted octanol–water partition coefficient (Wildman–Crippen LogP) is 3.76. The highest BCUT2D eigenvalue weighted by Crippen LogP contribution is 2.40. The molecule has 13 atom stereocenters. The average molecular weight is 811 g/mol. The van der Waals surface area contributed by atoms with Crippen LogP contribution in [0.15, 0.2) is 36.5 Å². The standard InChI is InChI=1S/C43H62N4O11/c1-23-22-42(6,54-10)38(57-40-36(51)31(47(8)9)21-24(2)55-40)26(4)35(50)27(5)39(52)56-32(43(7)37(25(3)34(23)49)46-41(53)58-43)18-20-45-33(48)16-15-28-17-19-44-30-14-12-11-13-29(28)30/h11-14,17,19,23-27,31-32,36-38,40,51H,15-16,18,20-22H2,1-10H3,(H,45,48)(H,46,53)/t23-,24?,25+,26+,27?,31?,32-,36?,37?,38?,40?,42?,43?/m1/s1. The van der Waals surface area contributed by atoms with Crippen molar-refractivity contribution in [1.29, 1.82) is 0 Å². The van der Waals surface area contributed by atoms with E-state index in [0.717, 1.165) is 16.5 Å². The number of carbonyl (C=O) groups is 5. The first-order chi connectivity index (χ1) is 27.3. The van der Waals surface area contributed by atoms with Gasteiger partial charge in [-0.15, -0.1) is 0 Å². The lowest BCUT2D eigenvalue weighted by molar-refractivity contribution is -0.295. The number of hydrogen-bond acceptors (Lipinski definition) is 13. The number of aliphatic hydroxyl groups excluding tert-OH is 1. The van der Waals surface area contributed by atoms with E-state index < -0.39 is 83.4 Å². The zero-order valence-electron chi connectivity index (χ0n) is 35.5. The zero-order chi connectivity index (χ0) is 42.7. The Morgan fingerprint density at radius 3 is 2.43 bits per heavy atom. The third kappa shape index (κ3) is 9.54. The van der Waals surface area contributed by atoms with Gasteiger partial charge in [0.05, 0.1) is 29.4 Å². The van der Waals surface area contributed by atoms with Gasteiger partial charge in [-0.1, -0.05) is 39.0 Å². The van der Waals surface area contributed by atoms with Crippen LogP contribution in [0, 0.1) is 23.7 Å². The van der Waals surface area contributed by atoms with E-state index in [9.17, 15) is 29.1 Å². The summed E-state index contributed by atoms with van der Waals surface area (Å²) in [4.78, 5) is 75.2. The van der Waals surface area contributed by atoms with Crippen LogP contribution in [0.4, 0.5) is 4.79 Å². The largest absolute Gasteiger partial charge is 0.457 e. The van der Waals surface area contributed by atoms with E-state index in [-0.39, 0.29) is 49.6 Å². The van der Waals surface area contributed by atoms with Gasteiger partial charge in [0.15, 0.2) is 17.7 Å². The minimum atomic E-state index is -1.55. The van der Waals surface area contributed by atoms with Crippen molar-refractivity contribution in [2.75, 3.05) is 27.7 Å². The first-order valence-electron chi connectivity index (χ1n) is 20.4. The Labute approximate surface area is 341 Å². The molecular formula is C43H62N4O11. The molecule has 2 amide bonds. The average Bonchev–Trinajstić information content (AvgIpc) is 3.51. The molecule has 2 aromatic rings. The van der Waals surface area contributed by atoms with E-state index in [1.807, 2.05) is 56.3 Å². The van der Waals surface area contributed by atoms with E-state index in [1.54, 1.807) is 40.8 Å². The van der Waals surface area contributed by atoms with Crippen LogP contribution in [0.25, 0.3) is 10.9 Å². The van der Waals surface area contributed by atoms with Crippen molar-refractivity contribution >= 4 is 40.4 Å². The number of nitrogens with zero attached hydrogens (tertiary/aromatic N) is 2. The Morgan fingerprint density at radius 1 is 1.03 bits per heavy atom. The van der Waals surface area contributed by atoms with Crippen molar-refractivity contribution in [3.8, 4) is 0 Å². The van der Waals surface area contributed by atoms with Gasteiger partial charge in [0, 0.05) is 61.9 Å². The Bertz CT molecular complexity index is 1820. The molecule has 4 heterocycles. The Hall–Kier alpha value is -4.02. The van der Waals surface area contributed by atoms with E-state index in [0.29, 0.717) is 12.8 Å². The number of amides is 2. The van der Waals surface area contributed by atoms with Crippen LogP contribution in [0.2, 0.25) is 0 Å². The van der Waals surface area contributed by atoms with Crippen LogP contribution in [-0.4, -0.2) is 126 Å². The van der Waals surface area contributed by atoms with E-state index >= 15 is 0 Å². The summed E-state index contributed by atoms with van der Waals surface area (Å²) in [5.74, 6) is -5.71. The highest BCUT2D eigenvalue weighted by atomic mass is 16.7. The molecule has 3 aliphatic rings. The van der Waals surface area contributed by atoms with Gasteiger partial charge < -0.3 is 44.3 Å². The molecule has 9 unspecified atom stereocenters. The zero-order valence-corrected chi connectivity index (χ0v) is 35.5. The van der Waals surface area contributed by atoms with Crippen molar-refractivity contribution in [1.82, 2.24) is 20.5 Å². The fourth-order valence-electron chi connectivity index (χ4n) is 9.09. The number of aryl methyl sites for hydroxylation is 1. The number of ether oxygens (including phenoxy) is 5. The summed E-state index contributed by atoms with van der Waals surface area (Å²) in [5.41, 5.74) is -1.03. The van der Waals surface area contributed by atoms with Crippen molar-refractivity contribution in [3.63, 3.8) is 0 Å². The van der Waals surface area contributed by atoms with Crippen molar-refractivity contribution in [2.45, 2.75) is 135 Å². The SMILES string of the molecule is COC1(C)C[C@@H](C)C(=O)[C@H](C)C2NC(=O)OC2(C)[C@@H](CCNC(=O)CCc2ccnc3ccccc23)OC(=O)C(C)C(=O)[C@H](C)C1OC1OC(C)CC(N(C)C)C1O. The topological polar surface area (TPSA) is 192 Å². The minimum Gasteiger partial charge on any atom is -0.457 e. The molecule has 0 bridgehead atoms. The number of methoxy groups -OCH3 is 1. The number of Topliss-reactive ketones (excluding diaryl/α,β-unsaturated/α-hetero) is 2. The number of fused-ring (bicyclic) bond motifs is 2. The second-order valence-corrected chi connectivity index (χ2v) is 17.1. The molecule has 0 saturated carbocycles.